The molecule has 96 valence electrons. The van der Waals surface area contributed by atoms with Crippen molar-refractivity contribution in [1.82, 2.24) is 5.32 Å². The van der Waals surface area contributed by atoms with Gasteiger partial charge < -0.3 is 10.1 Å². The van der Waals surface area contributed by atoms with Crippen LogP contribution >= 0.6 is 0 Å². The summed E-state index contributed by atoms with van der Waals surface area (Å²) in [6, 6.07) is 3.64. The number of aldehydes is 1. The number of hydrogen-bond acceptors (Lipinski definition) is 3. The zero-order valence-electron chi connectivity index (χ0n) is 9.82. The third kappa shape index (κ3) is 3.84. The smallest absolute Gasteiger partial charge is 0.257 e. The normalized spacial score (nSPS) is 14.1. The van der Waals surface area contributed by atoms with Gasteiger partial charge >= 0.3 is 0 Å². The van der Waals surface area contributed by atoms with Gasteiger partial charge in [-0.25, -0.2) is 4.39 Å². The van der Waals surface area contributed by atoms with Crippen molar-refractivity contribution in [2.45, 2.75) is 12.8 Å². The lowest BCUT2D eigenvalue weighted by Gasteiger charge is -2.07. The molecule has 1 saturated carbocycles. The molecule has 1 aliphatic carbocycles. The summed E-state index contributed by atoms with van der Waals surface area (Å²) in [5, 5.41) is 2.73. The van der Waals surface area contributed by atoms with Crippen molar-refractivity contribution >= 4 is 12.2 Å². The highest BCUT2D eigenvalue weighted by atomic mass is 19.1. The lowest BCUT2D eigenvalue weighted by atomic mass is 10.2. The van der Waals surface area contributed by atoms with Crippen LogP contribution < -0.4 is 10.1 Å². The predicted molar refractivity (Wildman–Crippen MR) is 63.0 cm³/mol. The van der Waals surface area contributed by atoms with Crippen LogP contribution in [0.25, 0.3) is 0 Å². The van der Waals surface area contributed by atoms with Gasteiger partial charge in [-0.15, -0.1) is 0 Å². The van der Waals surface area contributed by atoms with Gasteiger partial charge in [0, 0.05) is 18.2 Å². The van der Waals surface area contributed by atoms with Crippen molar-refractivity contribution in [3.05, 3.63) is 29.6 Å². The Kier molecular flexibility index (Phi) is 3.92. The molecule has 1 N–H and O–H groups in total. The van der Waals surface area contributed by atoms with Crippen molar-refractivity contribution in [1.29, 1.82) is 0 Å². The number of halogens is 1. The van der Waals surface area contributed by atoms with Gasteiger partial charge in [0.05, 0.1) is 0 Å². The molecule has 1 amide bonds. The van der Waals surface area contributed by atoms with E-state index in [4.69, 9.17) is 4.74 Å². The van der Waals surface area contributed by atoms with E-state index >= 15 is 0 Å². The Morgan fingerprint density at radius 3 is 2.89 bits per heavy atom. The van der Waals surface area contributed by atoms with Gasteiger partial charge in [-0.2, -0.15) is 0 Å². The first kappa shape index (κ1) is 12.5. The van der Waals surface area contributed by atoms with Crippen molar-refractivity contribution in [2.75, 3.05) is 13.2 Å². The van der Waals surface area contributed by atoms with E-state index in [1.165, 1.54) is 6.07 Å². The van der Waals surface area contributed by atoms with Gasteiger partial charge in [-0.3, -0.25) is 9.59 Å². The lowest BCUT2D eigenvalue weighted by Crippen LogP contribution is -2.30. The first-order valence-electron chi connectivity index (χ1n) is 5.82. The van der Waals surface area contributed by atoms with Crippen molar-refractivity contribution in [2.24, 2.45) is 5.92 Å². The molecular weight excluding hydrogens is 237 g/mol. The molecule has 0 unspecified atom stereocenters. The summed E-state index contributed by atoms with van der Waals surface area (Å²) >= 11 is 0. The molecule has 1 aromatic carbocycles. The molecule has 0 atom stereocenters. The van der Waals surface area contributed by atoms with E-state index in [0.29, 0.717) is 18.7 Å². The predicted octanol–water partition coefficient (Wildman–Crippen LogP) is 1.54. The quantitative estimate of drug-likeness (QED) is 0.780. The SMILES string of the molecule is O=Cc1cc(F)cc(OCC(=O)NCC2CC2)c1. The molecule has 0 spiro atoms. The summed E-state index contributed by atoms with van der Waals surface area (Å²) in [7, 11) is 0. The minimum Gasteiger partial charge on any atom is -0.484 e. The summed E-state index contributed by atoms with van der Waals surface area (Å²) in [6.07, 6.45) is 2.85. The Balaban J connectivity index is 1.82. The molecule has 2 rings (SSSR count). The van der Waals surface area contributed by atoms with Gasteiger partial charge in [0.25, 0.3) is 5.91 Å². The fraction of sp³-hybridized carbons (Fsp3) is 0.385. The summed E-state index contributed by atoms with van der Waals surface area (Å²) < 4.78 is 18.2. The van der Waals surface area contributed by atoms with E-state index in [1.807, 2.05) is 0 Å². The topological polar surface area (TPSA) is 55.4 Å². The number of benzene rings is 1. The number of rotatable bonds is 6. The maximum Gasteiger partial charge on any atom is 0.257 e. The minimum absolute atomic E-state index is 0.172. The minimum atomic E-state index is -0.562. The fourth-order valence-corrected chi connectivity index (χ4v) is 1.52. The van der Waals surface area contributed by atoms with Crippen molar-refractivity contribution < 1.29 is 18.7 Å². The van der Waals surface area contributed by atoms with E-state index in [1.54, 1.807) is 0 Å². The molecule has 0 aromatic heterocycles. The van der Waals surface area contributed by atoms with E-state index < -0.39 is 5.82 Å². The van der Waals surface area contributed by atoms with E-state index in [9.17, 15) is 14.0 Å². The third-order valence-electron chi connectivity index (χ3n) is 2.68. The monoisotopic (exact) mass is 251 g/mol. The van der Waals surface area contributed by atoms with E-state index in [-0.39, 0.29) is 23.8 Å². The van der Waals surface area contributed by atoms with Crippen LogP contribution in [0.3, 0.4) is 0 Å². The molecular formula is C13H14FNO3. The second-order valence-corrected chi connectivity index (χ2v) is 4.37. The van der Waals surface area contributed by atoms with Gasteiger partial charge in [0.1, 0.15) is 17.9 Å². The molecule has 0 saturated heterocycles. The summed E-state index contributed by atoms with van der Waals surface area (Å²) in [6.45, 7) is 0.499. The Bertz CT molecular complexity index is 458. The van der Waals surface area contributed by atoms with Crippen molar-refractivity contribution in [3.63, 3.8) is 0 Å². The first-order chi connectivity index (χ1) is 8.67. The number of nitrogens with one attached hydrogen (secondary N) is 1. The maximum absolute atomic E-state index is 13.1. The molecule has 0 radical (unpaired) electrons. The van der Waals surface area contributed by atoms with Gasteiger partial charge in [0.2, 0.25) is 0 Å². The third-order valence-corrected chi connectivity index (χ3v) is 2.68. The zero-order valence-corrected chi connectivity index (χ0v) is 9.82. The molecule has 0 aliphatic heterocycles. The highest BCUT2D eigenvalue weighted by Gasteiger charge is 2.21. The average molecular weight is 251 g/mol. The molecule has 18 heavy (non-hydrogen) atoms. The molecule has 0 heterocycles. The van der Waals surface area contributed by atoms with Gasteiger partial charge in [-0.05, 0) is 30.9 Å². The van der Waals surface area contributed by atoms with Crippen LogP contribution in [0.15, 0.2) is 18.2 Å². The number of carbonyl (C=O) groups is 2. The number of carbonyl (C=O) groups excluding carboxylic acids is 2. The largest absolute Gasteiger partial charge is 0.484 e. The molecule has 1 aliphatic rings. The number of hydrogen-bond donors (Lipinski definition) is 1. The Morgan fingerprint density at radius 2 is 2.22 bits per heavy atom. The molecule has 1 aromatic rings. The highest BCUT2D eigenvalue weighted by Crippen LogP contribution is 2.27. The number of amides is 1. The fourth-order valence-electron chi connectivity index (χ4n) is 1.52. The van der Waals surface area contributed by atoms with Crippen LogP contribution in [-0.2, 0) is 4.79 Å². The zero-order chi connectivity index (χ0) is 13.0. The second kappa shape index (κ2) is 5.62. The van der Waals surface area contributed by atoms with Crippen LogP contribution in [0, 0.1) is 11.7 Å². The molecule has 4 nitrogen and oxygen atoms in total. The summed E-state index contributed by atoms with van der Waals surface area (Å²) in [4.78, 5) is 21.9. The van der Waals surface area contributed by atoms with Crippen LogP contribution in [0.2, 0.25) is 0 Å². The number of ether oxygens (including phenoxy) is 1. The molecule has 5 heteroatoms. The van der Waals surface area contributed by atoms with E-state index in [2.05, 4.69) is 5.32 Å². The molecule has 1 fully saturated rings. The summed E-state index contributed by atoms with van der Waals surface area (Å²) in [5.74, 6) is -0.0183. The van der Waals surface area contributed by atoms with Gasteiger partial charge in [0.15, 0.2) is 6.61 Å². The summed E-state index contributed by atoms with van der Waals surface area (Å²) in [5.41, 5.74) is 0.184. The second-order valence-electron chi connectivity index (χ2n) is 4.37. The van der Waals surface area contributed by atoms with Crippen LogP contribution in [0.5, 0.6) is 5.75 Å². The van der Waals surface area contributed by atoms with Gasteiger partial charge in [-0.1, -0.05) is 0 Å². The first-order valence-corrected chi connectivity index (χ1v) is 5.82. The Hall–Kier alpha value is -1.91. The van der Waals surface area contributed by atoms with Crippen LogP contribution in [0.4, 0.5) is 4.39 Å². The standard InChI is InChI=1S/C13H14FNO3/c14-11-3-10(7-16)4-12(5-11)18-8-13(17)15-6-9-1-2-9/h3-5,7,9H,1-2,6,8H2,(H,15,17). The Morgan fingerprint density at radius 1 is 1.44 bits per heavy atom. The Labute approximate surface area is 104 Å². The van der Waals surface area contributed by atoms with E-state index in [0.717, 1.165) is 25.0 Å². The average Bonchev–Trinajstić information content (AvgIpc) is 3.17. The maximum atomic E-state index is 13.1. The lowest BCUT2D eigenvalue weighted by molar-refractivity contribution is -0.123. The van der Waals surface area contributed by atoms with Crippen LogP contribution in [0.1, 0.15) is 23.2 Å². The molecule has 0 bridgehead atoms. The highest BCUT2D eigenvalue weighted by molar-refractivity contribution is 5.78. The van der Waals surface area contributed by atoms with Crippen molar-refractivity contribution in [3.8, 4) is 5.75 Å². The van der Waals surface area contributed by atoms with Crippen LogP contribution in [-0.4, -0.2) is 25.3 Å².